The van der Waals surface area contributed by atoms with Crippen molar-refractivity contribution in [3.05, 3.63) is 106 Å². The normalized spacial score (nSPS) is 18.9. The molecule has 1 fully saturated rings. The number of aliphatic hydroxyl groups is 1. The molecule has 3 aromatic carbocycles. The summed E-state index contributed by atoms with van der Waals surface area (Å²) >= 11 is 6.39. The number of aliphatic imine (C=N–C) groups is 1. The molecule has 2 atom stereocenters. The molecule has 0 radical (unpaired) electrons. The van der Waals surface area contributed by atoms with Crippen LogP contribution < -0.4 is 26.3 Å². The number of primary amides is 1. The van der Waals surface area contributed by atoms with Gasteiger partial charge in [-0.3, -0.25) is 14.6 Å². The van der Waals surface area contributed by atoms with Crippen LogP contribution in [0.3, 0.4) is 0 Å². The number of anilines is 1. The molecule has 1 aliphatic carbocycles. The fourth-order valence-corrected chi connectivity index (χ4v) is 5.72. The zero-order valence-electron chi connectivity index (χ0n) is 26.0. The lowest BCUT2D eigenvalue weighted by atomic mass is 9.80. The minimum Gasteiger partial charge on any atom is -0.495 e. The number of nitrogens with one attached hydrogen (secondary N) is 1. The molecular formula is C35H32ClF2N5O5. The summed E-state index contributed by atoms with van der Waals surface area (Å²) in [5.41, 5.74) is 10.1. The third-order valence-electron chi connectivity index (χ3n) is 8.76. The lowest BCUT2D eigenvalue weighted by Crippen LogP contribution is -2.43. The highest BCUT2D eigenvalue weighted by atomic mass is 35.5. The van der Waals surface area contributed by atoms with Gasteiger partial charge in [-0.25, -0.2) is 13.8 Å². The number of ether oxygens (including phenoxy) is 2. The summed E-state index contributed by atoms with van der Waals surface area (Å²) in [6, 6.07) is 17.0. The first-order valence-corrected chi connectivity index (χ1v) is 15.4. The van der Waals surface area contributed by atoms with Crippen LogP contribution >= 0.6 is 11.6 Å². The number of rotatable bonds is 10. The van der Waals surface area contributed by atoms with Crippen LogP contribution in [-0.4, -0.2) is 54.2 Å². The number of hydrogen-bond donors (Lipinski definition) is 4. The number of aromatic nitrogens is 1. The SMILES string of the molecule is COc1cc(C(=O)NC[C@@](O)(c2ccccc2)c2cc3c(c(-c4cccc(F)c4Cl)n2)OC[C@]3(C)C(N)=O)cc(/C=N/C2(F)CC2)c1N. The van der Waals surface area contributed by atoms with Gasteiger partial charge in [0, 0.05) is 41.3 Å². The largest absolute Gasteiger partial charge is 0.495 e. The summed E-state index contributed by atoms with van der Waals surface area (Å²) in [5, 5.41) is 15.0. The molecule has 0 bridgehead atoms. The summed E-state index contributed by atoms with van der Waals surface area (Å²) in [5.74, 6) is -3.33. The summed E-state index contributed by atoms with van der Waals surface area (Å²) in [6.45, 7) is 1.04. The zero-order valence-corrected chi connectivity index (χ0v) is 26.8. The Labute approximate surface area is 279 Å². The van der Waals surface area contributed by atoms with Gasteiger partial charge in [0.2, 0.25) is 5.91 Å². The van der Waals surface area contributed by atoms with E-state index in [2.05, 4.69) is 10.3 Å². The van der Waals surface area contributed by atoms with Gasteiger partial charge in [-0.2, -0.15) is 0 Å². The van der Waals surface area contributed by atoms with E-state index in [1.54, 1.807) is 37.3 Å². The quantitative estimate of drug-likeness (QED) is 0.107. The number of hydrogen-bond acceptors (Lipinski definition) is 8. The van der Waals surface area contributed by atoms with Crippen molar-refractivity contribution in [2.45, 2.75) is 36.6 Å². The average molecular weight is 676 g/mol. The van der Waals surface area contributed by atoms with Crippen LogP contribution in [0.25, 0.3) is 11.3 Å². The van der Waals surface area contributed by atoms with E-state index in [9.17, 15) is 23.5 Å². The van der Waals surface area contributed by atoms with Crippen molar-refractivity contribution in [1.29, 1.82) is 0 Å². The Morgan fingerprint density at radius 3 is 2.58 bits per heavy atom. The Morgan fingerprint density at radius 2 is 1.92 bits per heavy atom. The Kier molecular flexibility index (Phi) is 8.34. The Morgan fingerprint density at radius 1 is 1.19 bits per heavy atom. The van der Waals surface area contributed by atoms with Crippen molar-refractivity contribution in [2.75, 3.05) is 26.0 Å². The van der Waals surface area contributed by atoms with Crippen molar-refractivity contribution in [2.24, 2.45) is 10.7 Å². The number of nitrogens with two attached hydrogens (primary N) is 2. The smallest absolute Gasteiger partial charge is 0.251 e. The van der Waals surface area contributed by atoms with Gasteiger partial charge >= 0.3 is 0 Å². The maximum absolute atomic E-state index is 14.7. The fraction of sp³-hybridized carbons (Fsp3) is 0.257. The molecular weight excluding hydrogens is 644 g/mol. The third kappa shape index (κ3) is 5.82. The summed E-state index contributed by atoms with van der Waals surface area (Å²) < 4.78 is 40.2. The topological polar surface area (TPSA) is 162 Å². The minimum atomic E-state index is -2.02. The first-order chi connectivity index (χ1) is 22.8. The number of methoxy groups -OCH3 is 1. The van der Waals surface area contributed by atoms with E-state index in [0.29, 0.717) is 24.0 Å². The van der Waals surface area contributed by atoms with Crippen LogP contribution in [0.5, 0.6) is 11.5 Å². The molecule has 248 valence electrons. The van der Waals surface area contributed by atoms with Gasteiger partial charge in [0.25, 0.3) is 5.91 Å². The predicted octanol–water partition coefficient (Wildman–Crippen LogP) is 4.81. The Balaban J connectivity index is 1.45. The van der Waals surface area contributed by atoms with Crippen LogP contribution in [0.15, 0.2) is 71.7 Å². The van der Waals surface area contributed by atoms with E-state index >= 15 is 0 Å². The van der Waals surface area contributed by atoms with Crippen molar-refractivity contribution in [3.63, 3.8) is 0 Å². The molecule has 6 rings (SSSR count). The van der Waals surface area contributed by atoms with Crippen LogP contribution in [0.1, 0.15) is 52.5 Å². The van der Waals surface area contributed by atoms with Gasteiger partial charge in [-0.05, 0) is 36.8 Å². The predicted molar refractivity (Wildman–Crippen MR) is 177 cm³/mol. The molecule has 2 aliphatic rings. The van der Waals surface area contributed by atoms with E-state index in [4.69, 9.17) is 37.5 Å². The van der Waals surface area contributed by atoms with Crippen LogP contribution in [-0.2, 0) is 15.8 Å². The molecule has 6 N–H and O–H groups in total. The molecule has 0 spiro atoms. The number of halogens is 3. The lowest BCUT2D eigenvalue weighted by molar-refractivity contribution is -0.123. The van der Waals surface area contributed by atoms with Crippen molar-refractivity contribution in [1.82, 2.24) is 10.3 Å². The first-order valence-electron chi connectivity index (χ1n) is 15.0. The molecule has 1 aliphatic heterocycles. The van der Waals surface area contributed by atoms with E-state index < -0.39 is 41.0 Å². The highest BCUT2D eigenvalue weighted by Gasteiger charge is 2.46. The molecule has 1 aromatic heterocycles. The molecule has 48 heavy (non-hydrogen) atoms. The fourth-order valence-electron chi connectivity index (χ4n) is 5.51. The number of fused-ring (bicyclic) bond motifs is 1. The maximum atomic E-state index is 14.7. The van der Waals surface area contributed by atoms with Crippen molar-refractivity contribution < 1.29 is 33.0 Å². The molecule has 0 unspecified atom stereocenters. The van der Waals surface area contributed by atoms with E-state index in [1.165, 1.54) is 49.7 Å². The number of carbonyl (C=O) groups excluding carboxylic acids is 2. The van der Waals surface area contributed by atoms with Gasteiger partial charge in [0.1, 0.15) is 40.6 Å². The molecule has 4 aromatic rings. The second-order valence-corrected chi connectivity index (χ2v) is 12.5. The van der Waals surface area contributed by atoms with Crippen molar-refractivity contribution >= 4 is 35.3 Å². The third-order valence-corrected chi connectivity index (χ3v) is 9.14. The lowest BCUT2D eigenvalue weighted by Gasteiger charge is -2.30. The van der Waals surface area contributed by atoms with Crippen LogP contribution in [0.2, 0.25) is 5.02 Å². The minimum absolute atomic E-state index is 0.00133. The van der Waals surface area contributed by atoms with E-state index in [-0.39, 0.29) is 56.9 Å². The van der Waals surface area contributed by atoms with E-state index in [0.717, 1.165) is 0 Å². The van der Waals surface area contributed by atoms with Crippen LogP contribution in [0.4, 0.5) is 14.5 Å². The number of pyridine rings is 1. The number of benzene rings is 3. The first kappa shape index (κ1) is 32.9. The highest BCUT2D eigenvalue weighted by molar-refractivity contribution is 6.33. The van der Waals surface area contributed by atoms with Gasteiger partial charge in [0.05, 0.1) is 30.1 Å². The Bertz CT molecular complexity index is 1970. The highest BCUT2D eigenvalue weighted by Crippen LogP contribution is 2.47. The molecule has 1 saturated carbocycles. The molecule has 10 nitrogen and oxygen atoms in total. The number of amides is 2. The summed E-state index contributed by atoms with van der Waals surface area (Å²) in [4.78, 5) is 35.1. The van der Waals surface area contributed by atoms with Gasteiger partial charge in [0.15, 0.2) is 5.79 Å². The molecule has 13 heteroatoms. The summed E-state index contributed by atoms with van der Waals surface area (Å²) in [6.07, 6.45) is 1.87. The second-order valence-electron chi connectivity index (χ2n) is 12.1. The number of nitrogen functional groups attached to an aromatic ring is 1. The average Bonchev–Trinajstić information content (AvgIpc) is 3.72. The second kappa shape index (κ2) is 12.2. The summed E-state index contributed by atoms with van der Waals surface area (Å²) in [7, 11) is 1.38. The maximum Gasteiger partial charge on any atom is 0.251 e. The van der Waals surface area contributed by atoms with Crippen molar-refractivity contribution in [3.8, 4) is 22.8 Å². The Hall–Kier alpha value is -5.07. The standard InChI is InChI=1S/C35H32ClF2N5O5/c1-33(32(40)45)18-48-30-23(33)15-26(43-29(30)22-9-6-10-24(37)27(22)36)35(46,21-7-4-3-5-8-21)17-41-31(44)19-13-20(16-42-34(38)11-12-34)28(39)25(14-19)47-2/h3-10,13-16,46H,11-12,17-18,39H2,1-2H3,(H2,40,45)(H,41,44)/b42-16+/t33-,35+/m0/s1. The van der Waals surface area contributed by atoms with E-state index in [1.807, 2.05) is 0 Å². The number of alkyl halides is 1. The monoisotopic (exact) mass is 675 g/mol. The van der Waals surface area contributed by atoms with Gasteiger partial charge in [-0.1, -0.05) is 54.1 Å². The molecule has 2 heterocycles. The van der Waals surface area contributed by atoms with Gasteiger partial charge in [-0.15, -0.1) is 0 Å². The number of nitrogens with zero attached hydrogens (tertiary/aromatic N) is 2. The molecule has 0 saturated heterocycles. The zero-order chi connectivity index (χ0) is 34.4. The van der Waals surface area contributed by atoms with Gasteiger partial charge < -0.3 is 31.4 Å². The van der Waals surface area contributed by atoms with Crippen LogP contribution in [0, 0.1) is 5.82 Å². The molecule has 2 amide bonds. The number of carbonyl (C=O) groups is 2.